The molecule has 0 spiro atoms. The molecule has 2 aliphatic rings. The van der Waals surface area contributed by atoms with Crippen LogP contribution in [-0.2, 0) is 14.0 Å². The molecular weight excluding hydrogens is 263 g/mol. The lowest BCUT2D eigenvalue weighted by Crippen LogP contribution is -2.48. The highest BCUT2D eigenvalue weighted by atomic mass is 31.2. The average molecular weight is 278 g/mol. The van der Waals surface area contributed by atoms with Crippen LogP contribution in [0, 0.1) is 0 Å². The fourth-order valence-electron chi connectivity index (χ4n) is 1.58. The maximum absolute atomic E-state index is 11.3. The van der Waals surface area contributed by atoms with Crippen LogP contribution in [-0.4, -0.2) is 52.5 Å². The smallest absolute Gasteiger partial charge is 0.228 e. The van der Waals surface area contributed by atoms with Crippen LogP contribution in [0.2, 0.25) is 0 Å². The fourth-order valence-corrected chi connectivity index (χ4v) is 2.97. The van der Waals surface area contributed by atoms with E-state index in [9.17, 15) is 14.7 Å². The first-order valence-electron chi connectivity index (χ1n) is 5.22. The zero-order chi connectivity index (χ0) is 13.3. The molecule has 9 nitrogen and oxygen atoms in total. The van der Waals surface area contributed by atoms with Gasteiger partial charge in [0.05, 0.1) is 6.16 Å². The van der Waals surface area contributed by atoms with Gasteiger partial charge in [-0.15, -0.1) is 0 Å². The van der Waals surface area contributed by atoms with Crippen molar-refractivity contribution in [2.45, 2.75) is 12.3 Å². The van der Waals surface area contributed by atoms with Gasteiger partial charge in [0.1, 0.15) is 25.2 Å². The number of hydrogen-bond donors (Lipinski definition) is 4. The van der Waals surface area contributed by atoms with Gasteiger partial charge < -0.3 is 25.8 Å². The van der Waals surface area contributed by atoms with Gasteiger partial charge in [-0.2, -0.15) is 4.99 Å². The maximum atomic E-state index is 11.3. The zero-order valence-corrected chi connectivity index (χ0v) is 10.4. The Morgan fingerprint density at radius 1 is 1.72 bits per heavy atom. The van der Waals surface area contributed by atoms with Gasteiger partial charge in [0, 0.05) is 6.08 Å². The van der Waals surface area contributed by atoms with E-state index >= 15 is 0 Å². The predicted molar refractivity (Wildman–Crippen MR) is 61.7 cm³/mol. The largest absolute Gasteiger partial charge is 0.475 e. The average Bonchev–Trinajstić information content (AvgIpc) is 2.63. The van der Waals surface area contributed by atoms with E-state index in [1.54, 1.807) is 0 Å². The van der Waals surface area contributed by atoms with Crippen molar-refractivity contribution in [2.75, 3.05) is 19.1 Å². The summed E-state index contributed by atoms with van der Waals surface area (Å²) in [6.45, 7) is 0.0747. The Labute approximate surface area is 103 Å². The van der Waals surface area contributed by atoms with Gasteiger partial charge in [-0.25, -0.2) is 5.06 Å². The van der Waals surface area contributed by atoms with Gasteiger partial charge in [-0.05, 0) is 0 Å². The Kier molecular flexibility index (Phi) is 3.60. The van der Waals surface area contributed by atoms with E-state index in [4.69, 9.17) is 20.9 Å². The second-order valence-corrected chi connectivity index (χ2v) is 6.38. The summed E-state index contributed by atoms with van der Waals surface area (Å²) in [6.07, 6.45) is -0.0378. The molecule has 0 aromatic heterocycles. The van der Waals surface area contributed by atoms with E-state index in [1.807, 2.05) is 0 Å². The summed E-state index contributed by atoms with van der Waals surface area (Å²) in [5, 5.41) is 9.87. The number of aliphatic imine (C=N–C) groups is 1. The summed E-state index contributed by atoms with van der Waals surface area (Å²) in [5.41, 5.74) is 10.9. The van der Waals surface area contributed by atoms with Crippen molar-refractivity contribution >= 4 is 13.3 Å². The van der Waals surface area contributed by atoms with Gasteiger partial charge in [0.15, 0.2) is 0 Å². The molecule has 0 bridgehead atoms. The zero-order valence-electron chi connectivity index (χ0n) is 9.47. The molecule has 2 rings (SSSR count). The van der Waals surface area contributed by atoms with Crippen LogP contribution < -0.4 is 11.5 Å². The van der Waals surface area contributed by atoms with Crippen LogP contribution in [0.5, 0.6) is 0 Å². The van der Waals surface area contributed by atoms with E-state index in [2.05, 4.69) is 4.99 Å². The van der Waals surface area contributed by atoms with Crippen molar-refractivity contribution in [3.05, 3.63) is 12.0 Å². The highest BCUT2D eigenvalue weighted by molar-refractivity contribution is 7.58. The third kappa shape index (κ3) is 3.01. The molecule has 3 atom stereocenters. The van der Waals surface area contributed by atoms with Gasteiger partial charge in [-0.1, -0.05) is 0 Å². The van der Waals surface area contributed by atoms with Crippen molar-refractivity contribution in [3.8, 4) is 0 Å². The molecule has 6 N–H and O–H groups in total. The first-order valence-corrected chi connectivity index (χ1v) is 7.25. The Hall–Kier alpha value is -1.12. The van der Waals surface area contributed by atoms with Crippen molar-refractivity contribution < 1.29 is 24.1 Å². The topological polar surface area (TPSA) is 144 Å². The lowest BCUT2D eigenvalue weighted by atomic mass is 10.4. The molecule has 1 saturated heterocycles. The number of nitrogens with zero attached hydrogens (tertiary/aromatic N) is 2. The van der Waals surface area contributed by atoms with Crippen LogP contribution in [0.25, 0.3) is 0 Å². The molecule has 2 aliphatic heterocycles. The summed E-state index contributed by atoms with van der Waals surface area (Å²) < 4.78 is 21.6. The van der Waals surface area contributed by atoms with Crippen LogP contribution in [0.4, 0.5) is 0 Å². The summed E-state index contributed by atoms with van der Waals surface area (Å²) >= 11 is 0. The first kappa shape index (κ1) is 13.3. The second-order valence-electron chi connectivity index (χ2n) is 4.07. The monoisotopic (exact) mass is 278 g/mol. The highest BCUT2D eigenvalue weighted by Crippen LogP contribution is 2.46. The Morgan fingerprint density at radius 2 is 2.44 bits per heavy atom. The summed E-state index contributed by atoms with van der Waals surface area (Å²) in [5.74, 6) is -0.0336. The number of nitrogens with two attached hydrogens (primary N) is 2. The van der Waals surface area contributed by atoms with Crippen LogP contribution in [0.15, 0.2) is 17.0 Å². The molecule has 2 unspecified atom stereocenters. The minimum Gasteiger partial charge on any atom is -0.475 e. The Bertz CT molecular complexity index is 439. The maximum Gasteiger partial charge on any atom is 0.228 e. The normalized spacial score (nSPS) is 36.3. The number of ether oxygens (including phenoxy) is 2. The summed E-state index contributed by atoms with van der Waals surface area (Å²) in [6, 6.07) is 0. The van der Waals surface area contributed by atoms with Crippen LogP contribution >= 0.6 is 7.37 Å². The highest BCUT2D eigenvalue weighted by Gasteiger charge is 2.34. The Balaban J connectivity index is 1.88. The molecule has 18 heavy (non-hydrogen) atoms. The van der Waals surface area contributed by atoms with E-state index in [-0.39, 0.29) is 31.0 Å². The van der Waals surface area contributed by atoms with E-state index in [1.165, 1.54) is 6.08 Å². The standard InChI is InChI=1S/C8H15N4O5P/c9-6-1-7(11-8(10)12(6)13)16-2-5-3-18(14,15)4-17-5/h1,5-6,13H,2-4,9H2,(H2,10,11)(H,14,15)/t5-,6?/m1/s1. The van der Waals surface area contributed by atoms with E-state index in [0.717, 1.165) is 0 Å². The minimum absolute atomic E-state index is 0.0532. The molecule has 0 radical (unpaired) electrons. The molecule has 0 saturated carbocycles. The van der Waals surface area contributed by atoms with Crippen molar-refractivity contribution in [3.63, 3.8) is 0 Å². The number of hydroxylamine groups is 2. The minimum atomic E-state index is -3.16. The quantitative estimate of drug-likeness (QED) is 0.470. The van der Waals surface area contributed by atoms with Gasteiger partial charge in [0.25, 0.3) is 0 Å². The van der Waals surface area contributed by atoms with Gasteiger partial charge >= 0.3 is 0 Å². The SMILES string of the molecule is NC1=NC(OC[C@@H]2CP(=O)(O)CO2)=CC(N)N1O. The molecule has 102 valence electrons. The van der Waals surface area contributed by atoms with E-state index < -0.39 is 19.6 Å². The molecule has 0 amide bonds. The molecule has 0 aromatic rings. The number of hydrogen-bond acceptors (Lipinski definition) is 8. The lowest BCUT2D eigenvalue weighted by Gasteiger charge is -2.25. The Morgan fingerprint density at radius 3 is 3.00 bits per heavy atom. The molecular formula is C8H15N4O5P. The first-order chi connectivity index (χ1) is 8.37. The second kappa shape index (κ2) is 4.87. The summed E-state index contributed by atoms with van der Waals surface area (Å²) in [4.78, 5) is 13.0. The molecule has 0 aliphatic carbocycles. The van der Waals surface area contributed by atoms with Crippen molar-refractivity contribution in [1.29, 1.82) is 0 Å². The molecule has 1 fully saturated rings. The third-order valence-electron chi connectivity index (χ3n) is 2.47. The van der Waals surface area contributed by atoms with Gasteiger partial charge in [0.2, 0.25) is 19.2 Å². The number of guanidine groups is 1. The molecule has 10 heteroatoms. The fraction of sp³-hybridized carbons (Fsp3) is 0.625. The van der Waals surface area contributed by atoms with Crippen molar-refractivity contribution in [1.82, 2.24) is 5.06 Å². The predicted octanol–water partition coefficient (Wildman–Crippen LogP) is -1.22. The number of rotatable bonds is 3. The van der Waals surface area contributed by atoms with Crippen molar-refractivity contribution in [2.24, 2.45) is 16.5 Å². The van der Waals surface area contributed by atoms with E-state index in [0.29, 0.717) is 5.06 Å². The third-order valence-corrected chi connectivity index (χ3v) is 4.00. The van der Waals surface area contributed by atoms with Gasteiger partial charge in [-0.3, -0.25) is 9.77 Å². The summed E-state index contributed by atoms with van der Waals surface area (Å²) in [7, 11) is -3.16. The van der Waals surface area contributed by atoms with Crippen LogP contribution in [0.3, 0.4) is 0 Å². The lowest BCUT2D eigenvalue weighted by molar-refractivity contribution is -0.0437. The van der Waals surface area contributed by atoms with Crippen LogP contribution in [0.1, 0.15) is 0 Å². The molecule has 0 aromatic carbocycles. The molecule has 2 heterocycles.